The smallest absolute Gasteiger partial charge is 0.239 e. The highest BCUT2D eigenvalue weighted by molar-refractivity contribution is 7.79. The molecule has 2 rings (SSSR count). The van der Waals surface area contributed by atoms with Gasteiger partial charge in [-0.3, -0.25) is 14.2 Å². The summed E-state index contributed by atoms with van der Waals surface area (Å²) in [6, 6.07) is 7.60. The molecular formula is C10H9N3O2S. The Bertz CT molecular complexity index is 457. The Labute approximate surface area is 95.1 Å². The number of rotatable bonds is 1. The first-order valence-corrected chi connectivity index (χ1v) is 5.40. The molecule has 0 spiro atoms. The molecule has 5 nitrogen and oxygen atoms in total. The van der Waals surface area contributed by atoms with E-state index in [1.54, 1.807) is 6.33 Å². The average molecular weight is 235 g/mol. The van der Waals surface area contributed by atoms with Crippen LogP contribution in [0.5, 0.6) is 0 Å². The van der Waals surface area contributed by atoms with Crippen molar-refractivity contribution in [3.8, 4) is 6.07 Å². The van der Waals surface area contributed by atoms with Crippen molar-refractivity contribution in [1.29, 1.82) is 5.26 Å². The number of H-pyrrole nitrogens is 2. The molecule has 16 heavy (non-hydrogen) atoms. The SMILES string of the molecule is N#Cc1ccc(S(=O)[O-])cc1.c1c[nH+]c[nH]1. The van der Waals surface area contributed by atoms with Crippen LogP contribution in [-0.2, 0) is 11.1 Å². The largest absolute Gasteiger partial charge is 0.768 e. The molecule has 0 fully saturated rings. The third-order valence-corrected chi connectivity index (χ3v) is 2.28. The molecule has 2 aromatic rings. The summed E-state index contributed by atoms with van der Waals surface area (Å²) in [5.41, 5.74) is 0.458. The molecule has 1 aromatic heterocycles. The lowest BCUT2D eigenvalue weighted by molar-refractivity contribution is -0.375. The molecule has 1 heterocycles. The van der Waals surface area contributed by atoms with E-state index >= 15 is 0 Å². The van der Waals surface area contributed by atoms with E-state index in [4.69, 9.17) is 5.26 Å². The van der Waals surface area contributed by atoms with Crippen LogP contribution in [0.4, 0.5) is 0 Å². The second-order valence-corrected chi connectivity index (χ2v) is 3.62. The fourth-order valence-corrected chi connectivity index (χ4v) is 1.24. The summed E-state index contributed by atoms with van der Waals surface area (Å²) >= 11 is -2.20. The highest BCUT2D eigenvalue weighted by Gasteiger charge is 1.91. The van der Waals surface area contributed by atoms with Crippen LogP contribution in [0.1, 0.15) is 5.56 Å². The monoisotopic (exact) mass is 235 g/mol. The van der Waals surface area contributed by atoms with E-state index in [-0.39, 0.29) is 4.90 Å². The van der Waals surface area contributed by atoms with Crippen molar-refractivity contribution in [2.45, 2.75) is 4.90 Å². The maximum Gasteiger partial charge on any atom is 0.239 e. The number of aromatic amines is 2. The van der Waals surface area contributed by atoms with Gasteiger partial charge in [0.1, 0.15) is 12.4 Å². The minimum Gasteiger partial charge on any atom is -0.768 e. The Morgan fingerprint density at radius 3 is 2.38 bits per heavy atom. The summed E-state index contributed by atoms with van der Waals surface area (Å²) in [6.45, 7) is 0. The molecule has 0 saturated heterocycles. The first-order valence-electron chi connectivity index (χ1n) is 4.32. The Kier molecular flexibility index (Phi) is 4.92. The van der Waals surface area contributed by atoms with Crippen LogP contribution in [-0.4, -0.2) is 13.7 Å². The summed E-state index contributed by atoms with van der Waals surface area (Å²) in [5.74, 6) is 0. The fraction of sp³-hybridized carbons (Fsp3) is 0. The number of benzene rings is 1. The van der Waals surface area contributed by atoms with Crippen molar-refractivity contribution in [3.63, 3.8) is 0 Å². The van der Waals surface area contributed by atoms with Crippen LogP contribution < -0.4 is 4.98 Å². The number of nitrogens with one attached hydrogen (secondary N) is 2. The third kappa shape index (κ3) is 4.04. The van der Waals surface area contributed by atoms with Crippen molar-refractivity contribution in [1.82, 2.24) is 4.98 Å². The van der Waals surface area contributed by atoms with Gasteiger partial charge in [0.25, 0.3) is 0 Å². The second kappa shape index (κ2) is 6.50. The zero-order chi connectivity index (χ0) is 11.8. The second-order valence-electron chi connectivity index (χ2n) is 2.68. The topological polar surface area (TPSA) is 93.8 Å². The molecule has 1 atom stereocenters. The standard InChI is InChI=1S/C7H5NO2S.C3H4N2/c8-5-6-1-3-7(4-2-6)11(9)10;1-2-5-3-4-1/h1-4H,(H,9,10);1-3H,(H,4,5). The van der Waals surface area contributed by atoms with Crippen molar-refractivity contribution in [3.05, 3.63) is 48.5 Å². The summed E-state index contributed by atoms with van der Waals surface area (Å²) < 4.78 is 20.6. The molecule has 0 radical (unpaired) electrons. The molecule has 0 amide bonds. The van der Waals surface area contributed by atoms with E-state index in [1.807, 2.05) is 18.5 Å². The van der Waals surface area contributed by atoms with Gasteiger partial charge in [0, 0.05) is 4.90 Å². The molecule has 0 bridgehead atoms. The first-order chi connectivity index (χ1) is 7.74. The van der Waals surface area contributed by atoms with Gasteiger partial charge < -0.3 is 4.55 Å². The van der Waals surface area contributed by atoms with Crippen LogP contribution >= 0.6 is 0 Å². The molecule has 82 valence electrons. The summed E-state index contributed by atoms with van der Waals surface area (Å²) in [6.07, 6.45) is 5.39. The lowest BCUT2D eigenvalue weighted by Crippen LogP contribution is -1.87. The molecule has 2 N–H and O–H groups in total. The van der Waals surface area contributed by atoms with Crippen molar-refractivity contribution in [2.24, 2.45) is 0 Å². The van der Waals surface area contributed by atoms with E-state index in [0.29, 0.717) is 5.56 Å². The predicted octanol–water partition coefficient (Wildman–Crippen LogP) is 0.625. The zero-order valence-electron chi connectivity index (χ0n) is 8.21. The number of nitriles is 1. The fourth-order valence-electron chi connectivity index (χ4n) is 0.881. The number of imidazole rings is 1. The van der Waals surface area contributed by atoms with Gasteiger partial charge in [-0.1, -0.05) is 0 Å². The van der Waals surface area contributed by atoms with Gasteiger partial charge in [-0.2, -0.15) is 5.26 Å². The lowest BCUT2D eigenvalue weighted by atomic mass is 10.2. The van der Waals surface area contributed by atoms with Crippen molar-refractivity contribution >= 4 is 11.1 Å². The summed E-state index contributed by atoms with van der Waals surface area (Å²) in [5, 5.41) is 8.36. The average Bonchev–Trinajstić information content (AvgIpc) is 2.88. The van der Waals surface area contributed by atoms with E-state index < -0.39 is 11.1 Å². The van der Waals surface area contributed by atoms with Crippen LogP contribution in [0.2, 0.25) is 0 Å². The van der Waals surface area contributed by atoms with Gasteiger partial charge in [-0.05, 0) is 35.3 Å². The van der Waals surface area contributed by atoms with E-state index in [9.17, 15) is 8.76 Å². The van der Waals surface area contributed by atoms with E-state index in [2.05, 4.69) is 9.97 Å². The Morgan fingerprint density at radius 2 is 2.06 bits per heavy atom. The molecule has 0 aliphatic heterocycles. The number of hydrogen-bond acceptors (Lipinski definition) is 3. The van der Waals surface area contributed by atoms with Crippen LogP contribution in [0.25, 0.3) is 0 Å². The normalized spacial score (nSPS) is 10.8. The maximum absolute atomic E-state index is 10.3. The third-order valence-electron chi connectivity index (χ3n) is 1.62. The summed E-state index contributed by atoms with van der Waals surface area (Å²) in [4.78, 5) is 5.81. The van der Waals surface area contributed by atoms with E-state index in [0.717, 1.165) is 0 Å². The molecule has 0 aliphatic carbocycles. The highest BCUT2D eigenvalue weighted by Crippen LogP contribution is 2.05. The molecule has 0 aliphatic rings. The predicted molar refractivity (Wildman–Crippen MR) is 55.7 cm³/mol. The molecule has 6 heteroatoms. The van der Waals surface area contributed by atoms with Gasteiger partial charge in [-0.15, -0.1) is 0 Å². The molecule has 1 aromatic carbocycles. The van der Waals surface area contributed by atoms with E-state index in [1.165, 1.54) is 24.3 Å². The highest BCUT2D eigenvalue weighted by atomic mass is 32.2. The Balaban J connectivity index is 0.000000212. The number of nitrogens with zero attached hydrogens (tertiary/aromatic N) is 1. The minimum atomic E-state index is -2.20. The van der Waals surface area contributed by atoms with Crippen molar-refractivity contribution in [2.75, 3.05) is 0 Å². The molecule has 1 unspecified atom stereocenters. The minimum absolute atomic E-state index is 0.198. The van der Waals surface area contributed by atoms with Gasteiger partial charge in [0.2, 0.25) is 6.33 Å². The van der Waals surface area contributed by atoms with Crippen LogP contribution in [0, 0.1) is 11.3 Å². The first kappa shape index (κ1) is 12.1. The number of aromatic nitrogens is 2. The molecular weight excluding hydrogens is 226 g/mol. The Morgan fingerprint density at radius 1 is 1.38 bits per heavy atom. The maximum atomic E-state index is 10.3. The van der Waals surface area contributed by atoms with Gasteiger partial charge in [-0.25, -0.2) is 0 Å². The van der Waals surface area contributed by atoms with Crippen LogP contribution in [0.3, 0.4) is 0 Å². The van der Waals surface area contributed by atoms with Gasteiger partial charge >= 0.3 is 0 Å². The zero-order valence-corrected chi connectivity index (χ0v) is 9.03. The number of hydrogen-bond donors (Lipinski definition) is 1. The van der Waals surface area contributed by atoms with Gasteiger partial charge in [0.05, 0.1) is 11.6 Å². The quantitative estimate of drug-likeness (QED) is 0.734. The van der Waals surface area contributed by atoms with Crippen LogP contribution in [0.15, 0.2) is 47.9 Å². The van der Waals surface area contributed by atoms with Crippen molar-refractivity contribution < 1.29 is 13.7 Å². The van der Waals surface area contributed by atoms with Gasteiger partial charge in [0.15, 0.2) is 0 Å². The molecule has 0 saturated carbocycles. The lowest BCUT2D eigenvalue weighted by Gasteiger charge is -2.02. The Hall–Kier alpha value is -1.97. The summed E-state index contributed by atoms with van der Waals surface area (Å²) in [7, 11) is 0.